The molecule has 0 fully saturated rings. The van der Waals surface area contributed by atoms with E-state index in [2.05, 4.69) is 66.9 Å². The van der Waals surface area contributed by atoms with E-state index >= 15 is 0 Å². The number of nitrogens with zero attached hydrogens (tertiary/aromatic N) is 3. The molecular formula is C19H18N4S3. The number of hydrogen-bond acceptors (Lipinski definition) is 7. The highest BCUT2D eigenvalue weighted by Crippen LogP contribution is 2.42. The second-order valence-corrected chi connectivity index (χ2v) is 8.97. The number of benzene rings is 1. The van der Waals surface area contributed by atoms with E-state index in [0.29, 0.717) is 5.69 Å². The van der Waals surface area contributed by atoms with Gasteiger partial charge in [0.1, 0.15) is 15.5 Å². The fourth-order valence-electron chi connectivity index (χ4n) is 2.95. The molecule has 26 heavy (non-hydrogen) atoms. The zero-order valence-corrected chi connectivity index (χ0v) is 17.0. The number of rotatable bonds is 4. The van der Waals surface area contributed by atoms with Crippen molar-refractivity contribution in [2.24, 2.45) is 0 Å². The zero-order chi connectivity index (χ0) is 18.3. The van der Waals surface area contributed by atoms with Crippen molar-refractivity contribution in [2.75, 3.05) is 19.8 Å². The molecule has 0 bridgehead atoms. The van der Waals surface area contributed by atoms with Gasteiger partial charge in [0.2, 0.25) is 0 Å². The summed E-state index contributed by atoms with van der Waals surface area (Å²) in [7, 11) is 4.14. The van der Waals surface area contributed by atoms with Crippen molar-refractivity contribution in [2.45, 2.75) is 10.8 Å². The largest absolute Gasteiger partial charge is 0.397 e. The number of nitrogens with two attached hydrogens (primary N) is 1. The summed E-state index contributed by atoms with van der Waals surface area (Å²) in [4.78, 5) is 12.2. The van der Waals surface area contributed by atoms with Gasteiger partial charge in [-0.2, -0.15) is 0 Å². The van der Waals surface area contributed by atoms with E-state index in [4.69, 9.17) is 10.7 Å². The molecule has 2 N–H and O–H groups in total. The van der Waals surface area contributed by atoms with E-state index in [1.807, 2.05) is 5.38 Å². The molecule has 0 aliphatic heterocycles. The van der Waals surface area contributed by atoms with Gasteiger partial charge in [-0.3, -0.25) is 0 Å². The Kier molecular flexibility index (Phi) is 4.71. The molecule has 0 saturated carbocycles. The number of hydrogen-bond donors (Lipinski definition) is 2. The van der Waals surface area contributed by atoms with Gasteiger partial charge < -0.3 is 10.6 Å². The summed E-state index contributed by atoms with van der Waals surface area (Å²) >= 11 is 7.61. The van der Waals surface area contributed by atoms with Crippen LogP contribution in [-0.2, 0) is 6.54 Å². The number of anilines is 1. The van der Waals surface area contributed by atoms with Crippen molar-refractivity contribution in [1.82, 2.24) is 14.9 Å². The number of pyridine rings is 1. The SMILES string of the molecule is CN(C)Cc1ccc(-c2cc(-c3nccs3)nc3sc(S)c(N)c23)cc1. The summed E-state index contributed by atoms with van der Waals surface area (Å²) in [5.41, 5.74) is 11.3. The predicted molar refractivity (Wildman–Crippen MR) is 115 cm³/mol. The van der Waals surface area contributed by atoms with Crippen LogP contribution < -0.4 is 5.73 Å². The number of thiol groups is 1. The Hall–Kier alpha value is -1.93. The molecule has 4 nitrogen and oxygen atoms in total. The van der Waals surface area contributed by atoms with E-state index in [9.17, 15) is 0 Å². The first-order valence-electron chi connectivity index (χ1n) is 8.09. The van der Waals surface area contributed by atoms with Crippen LogP contribution in [0.1, 0.15) is 5.56 Å². The molecule has 0 amide bonds. The highest BCUT2D eigenvalue weighted by atomic mass is 32.2. The van der Waals surface area contributed by atoms with Gasteiger partial charge in [0, 0.05) is 23.5 Å². The second-order valence-electron chi connectivity index (χ2n) is 6.33. The minimum absolute atomic E-state index is 0.693. The first-order chi connectivity index (χ1) is 12.5. The molecule has 4 aromatic rings. The smallest absolute Gasteiger partial charge is 0.141 e. The lowest BCUT2D eigenvalue weighted by Gasteiger charge is -2.11. The number of aromatic nitrogens is 2. The molecule has 0 aliphatic rings. The Bertz CT molecular complexity index is 1050. The van der Waals surface area contributed by atoms with E-state index in [1.54, 1.807) is 17.5 Å². The highest BCUT2D eigenvalue weighted by Gasteiger charge is 2.17. The van der Waals surface area contributed by atoms with Crippen LogP contribution in [0, 0.1) is 0 Å². The first-order valence-corrected chi connectivity index (χ1v) is 10.2. The zero-order valence-electron chi connectivity index (χ0n) is 14.4. The quantitative estimate of drug-likeness (QED) is 0.474. The van der Waals surface area contributed by atoms with E-state index in [0.717, 1.165) is 42.8 Å². The molecule has 0 saturated heterocycles. The second kappa shape index (κ2) is 7.00. The van der Waals surface area contributed by atoms with Crippen LogP contribution in [0.25, 0.3) is 32.0 Å². The fraction of sp³-hybridized carbons (Fsp3) is 0.158. The maximum atomic E-state index is 6.32. The van der Waals surface area contributed by atoms with Crippen molar-refractivity contribution in [3.63, 3.8) is 0 Å². The van der Waals surface area contributed by atoms with E-state index in [-0.39, 0.29) is 0 Å². The summed E-state index contributed by atoms with van der Waals surface area (Å²) in [6, 6.07) is 10.7. The van der Waals surface area contributed by atoms with Gasteiger partial charge in [-0.25, -0.2) is 9.97 Å². The van der Waals surface area contributed by atoms with Crippen LogP contribution >= 0.6 is 35.3 Å². The first kappa shape index (κ1) is 17.5. The Labute approximate surface area is 165 Å². The Balaban J connectivity index is 1.89. The lowest BCUT2D eigenvalue weighted by Crippen LogP contribution is -2.10. The summed E-state index contributed by atoms with van der Waals surface area (Å²) in [5, 5.41) is 3.84. The van der Waals surface area contributed by atoms with Crippen LogP contribution in [0.4, 0.5) is 5.69 Å². The Morgan fingerprint density at radius 1 is 1.19 bits per heavy atom. The van der Waals surface area contributed by atoms with Gasteiger partial charge >= 0.3 is 0 Å². The standard InChI is InChI=1S/C19H18N4S3/c1-23(2)10-11-3-5-12(6-4-11)13-9-14(17-21-7-8-25-17)22-18-15(13)16(20)19(24)26-18/h3-9,24H,10,20H2,1-2H3. The molecule has 3 heterocycles. The van der Waals surface area contributed by atoms with Crippen LogP contribution in [0.2, 0.25) is 0 Å². The van der Waals surface area contributed by atoms with Gasteiger partial charge in [-0.15, -0.1) is 35.3 Å². The minimum Gasteiger partial charge on any atom is -0.397 e. The fourth-order valence-corrected chi connectivity index (χ4v) is 4.78. The monoisotopic (exact) mass is 398 g/mol. The van der Waals surface area contributed by atoms with E-state index < -0.39 is 0 Å². The maximum Gasteiger partial charge on any atom is 0.141 e. The molecule has 0 aliphatic carbocycles. The van der Waals surface area contributed by atoms with Gasteiger partial charge in [-0.05, 0) is 36.9 Å². The summed E-state index contributed by atoms with van der Waals surface area (Å²) in [6.45, 7) is 0.914. The third-order valence-corrected chi connectivity index (χ3v) is 6.31. The molecule has 0 unspecified atom stereocenters. The normalized spacial score (nSPS) is 11.5. The number of thiazole rings is 1. The number of fused-ring (bicyclic) bond motifs is 1. The molecule has 7 heteroatoms. The molecule has 132 valence electrons. The van der Waals surface area contributed by atoms with E-state index in [1.165, 1.54) is 16.9 Å². The van der Waals surface area contributed by atoms with Gasteiger partial charge in [-0.1, -0.05) is 24.3 Å². The van der Waals surface area contributed by atoms with Gasteiger partial charge in [0.05, 0.1) is 9.90 Å². The molecule has 3 aromatic heterocycles. The highest BCUT2D eigenvalue weighted by molar-refractivity contribution is 7.83. The van der Waals surface area contributed by atoms with Crippen LogP contribution in [-0.4, -0.2) is 29.0 Å². The molecule has 0 atom stereocenters. The van der Waals surface area contributed by atoms with Gasteiger partial charge in [0.25, 0.3) is 0 Å². The van der Waals surface area contributed by atoms with Gasteiger partial charge in [0.15, 0.2) is 0 Å². The van der Waals surface area contributed by atoms with Crippen molar-refractivity contribution in [1.29, 1.82) is 0 Å². The molecule has 4 rings (SSSR count). The topological polar surface area (TPSA) is 55.0 Å². The van der Waals surface area contributed by atoms with Crippen LogP contribution in [0.5, 0.6) is 0 Å². The van der Waals surface area contributed by atoms with Crippen LogP contribution in [0.15, 0.2) is 46.1 Å². The van der Waals surface area contributed by atoms with Crippen molar-refractivity contribution in [3.05, 3.63) is 47.5 Å². The van der Waals surface area contributed by atoms with Crippen molar-refractivity contribution >= 4 is 51.2 Å². The Morgan fingerprint density at radius 2 is 1.96 bits per heavy atom. The lowest BCUT2D eigenvalue weighted by atomic mass is 10.0. The average molecular weight is 399 g/mol. The third-order valence-electron chi connectivity index (χ3n) is 4.09. The molecule has 0 radical (unpaired) electrons. The maximum absolute atomic E-state index is 6.32. The minimum atomic E-state index is 0.693. The lowest BCUT2D eigenvalue weighted by molar-refractivity contribution is 0.402. The number of thiophene rings is 1. The molecular weight excluding hydrogens is 380 g/mol. The third kappa shape index (κ3) is 3.23. The summed E-state index contributed by atoms with van der Waals surface area (Å²) in [6.07, 6.45) is 1.80. The van der Waals surface area contributed by atoms with Crippen molar-refractivity contribution < 1.29 is 0 Å². The van der Waals surface area contributed by atoms with Crippen molar-refractivity contribution in [3.8, 4) is 21.8 Å². The Morgan fingerprint density at radius 3 is 2.62 bits per heavy atom. The van der Waals surface area contributed by atoms with Crippen LogP contribution in [0.3, 0.4) is 0 Å². The summed E-state index contributed by atoms with van der Waals surface area (Å²) < 4.78 is 0.800. The summed E-state index contributed by atoms with van der Waals surface area (Å²) in [5.74, 6) is 0. The predicted octanol–water partition coefficient (Wildman–Crippen LogP) is 5.02. The molecule has 0 spiro atoms. The molecule has 1 aromatic carbocycles. The average Bonchev–Trinajstić information content (AvgIpc) is 3.24. The number of nitrogen functional groups attached to an aromatic ring is 1.